The van der Waals surface area contributed by atoms with Crippen LogP contribution >= 0.6 is 35.4 Å². The van der Waals surface area contributed by atoms with Gasteiger partial charge in [-0.1, -0.05) is 23.2 Å². The van der Waals surface area contributed by atoms with Crippen molar-refractivity contribution in [3.63, 3.8) is 0 Å². The predicted octanol–water partition coefficient (Wildman–Crippen LogP) is 5.94. The molecule has 3 heterocycles. The number of benzene rings is 1. The fourth-order valence-corrected chi connectivity index (χ4v) is 4.71. The number of pyridine rings is 2. The molecule has 190 valence electrons. The molecule has 1 fully saturated rings. The summed E-state index contributed by atoms with van der Waals surface area (Å²) < 4.78 is 11.5. The van der Waals surface area contributed by atoms with E-state index >= 15 is 0 Å². The van der Waals surface area contributed by atoms with Gasteiger partial charge in [-0.25, -0.2) is 9.97 Å². The summed E-state index contributed by atoms with van der Waals surface area (Å²) in [7, 11) is 0. The van der Waals surface area contributed by atoms with E-state index in [0.29, 0.717) is 69.1 Å². The summed E-state index contributed by atoms with van der Waals surface area (Å²) in [6.45, 7) is 6.35. The fraction of sp³-hybridized carbons (Fsp3) is 0.269. The summed E-state index contributed by atoms with van der Waals surface area (Å²) in [6, 6.07) is 12.2. The summed E-state index contributed by atoms with van der Waals surface area (Å²) in [4.78, 5) is 24.9. The maximum absolute atomic E-state index is 13.3. The standard InChI is InChI=1S/C26H23Cl2N5O3S/c1-16-20(8-5-17(13-29)23(16)28)33-24(34)26(2,3)32(25(33)37)11-4-12-35-18-7-10-22(31-14-18)36-19-6-9-21(27)30-15-19/h5-10,14-15H,4,11-12H2,1-3H3. The third kappa shape index (κ3) is 5.47. The Balaban J connectivity index is 1.35. The minimum atomic E-state index is -0.846. The van der Waals surface area contributed by atoms with E-state index in [9.17, 15) is 10.1 Å². The van der Waals surface area contributed by atoms with E-state index < -0.39 is 5.54 Å². The third-order valence-corrected chi connectivity index (χ3v) is 7.08. The number of nitrogens with zero attached hydrogens (tertiary/aromatic N) is 5. The van der Waals surface area contributed by atoms with Crippen LogP contribution in [0, 0.1) is 18.3 Å². The summed E-state index contributed by atoms with van der Waals surface area (Å²) in [5.74, 6) is 1.36. The lowest BCUT2D eigenvalue weighted by molar-refractivity contribution is -0.123. The molecule has 0 N–H and O–H groups in total. The van der Waals surface area contributed by atoms with Crippen molar-refractivity contribution in [2.75, 3.05) is 18.1 Å². The molecule has 0 saturated carbocycles. The van der Waals surface area contributed by atoms with Crippen molar-refractivity contribution < 1.29 is 14.3 Å². The van der Waals surface area contributed by atoms with Crippen LogP contribution in [0.5, 0.6) is 17.4 Å². The van der Waals surface area contributed by atoms with Crippen molar-refractivity contribution in [1.29, 1.82) is 5.26 Å². The summed E-state index contributed by atoms with van der Waals surface area (Å²) in [5, 5.41) is 10.3. The molecule has 0 spiro atoms. The van der Waals surface area contributed by atoms with Crippen LogP contribution < -0.4 is 14.4 Å². The van der Waals surface area contributed by atoms with Gasteiger partial charge in [-0.15, -0.1) is 0 Å². The van der Waals surface area contributed by atoms with Crippen molar-refractivity contribution >= 4 is 52.1 Å². The molecule has 0 radical (unpaired) electrons. The number of ether oxygens (including phenoxy) is 2. The topological polar surface area (TPSA) is 91.6 Å². The van der Waals surface area contributed by atoms with E-state index in [0.717, 1.165) is 0 Å². The molecule has 2 aromatic heterocycles. The van der Waals surface area contributed by atoms with Crippen molar-refractivity contribution in [2.45, 2.75) is 32.7 Å². The molecule has 0 unspecified atom stereocenters. The maximum atomic E-state index is 13.3. The van der Waals surface area contributed by atoms with Gasteiger partial charge in [0.2, 0.25) is 5.88 Å². The van der Waals surface area contributed by atoms with Crippen molar-refractivity contribution in [3.8, 4) is 23.4 Å². The molecule has 1 aromatic carbocycles. The first-order valence-electron chi connectivity index (χ1n) is 11.4. The Morgan fingerprint density at radius 2 is 1.81 bits per heavy atom. The van der Waals surface area contributed by atoms with Crippen molar-refractivity contribution in [2.24, 2.45) is 0 Å². The Bertz CT molecular complexity index is 1370. The van der Waals surface area contributed by atoms with Gasteiger partial charge in [-0.2, -0.15) is 5.26 Å². The van der Waals surface area contributed by atoms with Gasteiger partial charge in [0.05, 0.1) is 35.3 Å². The summed E-state index contributed by atoms with van der Waals surface area (Å²) in [5.41, 5.74) is 0.712. The van der Waals surface area contributed by atoms with E-state index in [1.807, 2.05) is 18.7 Å². The Morgan fingerprint density at radius 3 is 2.46 bits per heavy atom. The number of hydrogen-bond donors (Lipinski definition) is 0. The molecule has 3 aromatic rings. The van der Waals surface area contributed by atoms with Crippen LogP contribution in [-0.2, 0) is 4.79 Å². The Hall–Kier alpha value is -3.45. The molecular formula is C26H23Cl2N5O3S. The highest BCUT2D eigenvalue weighted by Gasteiger charge is 2.49. The molecule has 37 heavy (non-hydrogen) atoms. The smallest absolute Gasteiger partial charge is 0.258 e. The molecule has 8 nitrogen and oxygen atoms in total. The normalized spacial score (nSPS) is 14.6. The molecule has 1 amide bonds. The first-order chi connectivity index (χ1) is 17.6. The number of carbonyl (C=O) groups excluding carboxylic acids is 1. The second-order valence-electron chi connectivity index (χ2n) is 8.77. The number of aromatic nitrogens is 2. The number of thiocarbonyl (C=S) groups is 1. The number of nitriles is 1. The molecule has 0 aliphatic carbocycles. The lowest BCUT2D eigenvalue weighted by atomic mass is 10.0. The van der Waals surface area contributed by atoms with E-state index in [4.69, 9.17) is 44.9 Å². The number of rotatable bonds is 8. The molecule has 1 aliphatic heterocycles. The second-order valence-corrected chi connectivity index (χ2v) is 9.90. The van der Waals surface area contributed by atoms with Crippen LogP contribution in [0.1, 0.15) is 31.4 Å². The van der Waals surface area contributed by atoms with Crippen molar-refractivity contribution in [3.05, 3.63) is 70.1 Å². The van der Waals surface area contributed by atoms with Gasteiger partial charge in [0.25, 0.3) is 5.91 Å². The largest absolute Gasteiger partial charge is 0.492 e. The monoisotopic (exact) mass is 555 g/mol. The molecule has 0 atom stereocenters. The molecule has 0 bridgehead atoms. The number of carbonyl (C=O) groups is 1. The number of anilines is 1. The Kier molecular flexibility index (Phi) is 7.83. The van der Waals surface area contributed by atoms with Gasteiger partial charge in [0.15, 0.2) is 5.11 Å². The Morgan fingerprint density at radius 1 is 1.08 bits per heavy atom. The molecule has 4 rings (SSSR count). The van der Waals surface area contributed by atoms with E-state index in [-0.39, 0.29) is 5.91 Å². The lowest BCUT2D eigenvalue weighted by Crippen LogP contribution is -2.44. The number of halogens is 2. The highest BCUT2D eigenvalue weighted by atomic mass is 35.5. The van der Waals surface area contributed by atoms with E-state index in [1.54, 1.807) is 49.5 Å². The highest BCUT2D eigenvalue weighted by molar-refractivity contribution is 7.80. The second kappa shape index (κ2) is 10.9. The van der Waals surface area contributed by atoms with Crippen LogP contribution in [0.3, 0.4) is 0 Å². The molecule has 1 saturated heterocycles. The average Bonchev–Trinajstić information content (AvgIpc) is 3.04. The zero-order valence-electron chi connectivity index (χ0n) is 20.4. The van der Waals surface area contributed by atoms with Gasteiger partial charge < -0.3 is 14.4 Å². The number of amides is 1. The zero-order valence-corrected chi connectivity index (χ0v) is 22.7. The average molecular weight is 556 g/mol. The van der Waals surface area contributed by atoms with Crippen LogP contribution in [0.4, 0.5) is 5.69 Å². The van der Waals surface area contributed by atoms with Gasteiger partial charge in [-0.3, -0.25) is 9.69 Å². The van der Waals surface area contributed by atoms with Gasteiger partial charge in [0.1, 0.15) is 28.3 Å². The molecule has 1 aliphatic rings. The minimum absolute atomic E-state index is 0.155. The first-order valence-corrected chi connectivity index (χ1v) is 12.5. The molecular weight excluding hydrogens is 533 g/mol. The molecule has 11 heteroatoms. The fourth-order valence-electron chi connectivity index (χ4n) is 3.90. The highest BCUT2D eigenvalue weighted by Crippen LogP contribution is 2.37. The predicted molar refractivity (Wildman–Crippen MR) is 145 cm³/mol. The van der Waals surface area contributed by atoms with Gasteiger partial charge in [0, 0.05) is 12.6 Å². The van der Waals surface area contributed by atoms with Crippen LogP contribution in [0.2, 0.25) is 10.2 Å². The summed E-state index contributed by atoms with van der Waals surface area (Å²) in [6.07, 6.45) is 3.71. The van der Waals surface area contributed by atoms with E-state index in [1.165, 1.54) is 11.1 Å². The third-order valence-electron chi connectivity index (χ3n) is 5.97. The van der Waals surface area contributed by atoms with Crippen LogP contribution in [0.15, 0.2) is 48.8 Å². The quantitative estimate of drug-likeness (QED) is 0.191. The van der Waals surface area contributed by atoms with Gasteiger partial charge in [-0.05, 0) is 75.3 Å². The minimum Gasteiger partial charge on any atom is -0.492 e. The van der Waals surface area contributed by atoms with E-state index in [2.05, 4.69) is 16.0 Å². The SMILES string of the molecule is Cc1c(N2C(=O)C(C)(C)N(CCCOc3ccc(Oc4ccc(Cl)nc4)nc3)C2=S)ccc(C#N)c1Cl. The summed E-state index contributed by atoms with van der Waals surface area (Å²) >= 11 is 17.8. The first kappa shape index (κ1) is 26.6. The van der Waals surface area contributed by atoms with Crippen LogP contribution in [-0.4, -0.2) is 44.6 Å². The van der Waals surface area contributed by atoms with Gasteiger partial charge >= 0.3 is 0 Å². The van der Waals surface area contributed by atoms with Crippen LogP contribution in [0.25, 0.3) is 0 Å². The Labute approximate surface area is 230 Å². The van der Waals surface area contributed by atoms with Crippen molar-refractivity contribution in [1.82, 2.24) is 14.9 Å². The zero-order chi connectivity index (χ0) is 26.7. The lowest BCUT2D eigenvalue weighted by Gasteiger charge is -2.29. The maximum Gasteiger partial charge on any atom is 0.258 e. The number of hydrogen-bond acceptors (Lipinski definition) is 7.